The number of likely N-dealkylation sites (tertiary alicyclic amines) is 1. The van der Waals surface area contributed by atoms with Gasteiger partial charge in [-0.25, -0.2) is 0 Å². The summed E-state index contributed by atoms with van der Waals surface area (Å²) in [6.45, 7) is 5.52. The lowest BCUT2D eigenvalue weighted by Gasteiger charge is -2.31. The Morgan fingerprint density at radius 3 is 2.57 bits per heavy atom. The van der Waals surface area contributed by atoms with Crippen LogP contribution in [0.2, 0.25) is 0 Å². The molecule has 2 amide bonds. The summed E-state index contributed by atoms with van der Waals surface area (Å²) in [5.74, 6) is 3.76. The molecule has 23 heavy (non-hydrogen) atoms. The van der Waals surface area contributed by atoms with Gasteiger partial charge in [0.05, 0.1) is 5.75 Å². The molecule has 1 heterocycles. The number of nitrogens with zero attached hydrogens (tertiary/aromatic N) is 1. The highest BCUT2D eigenvalue weighted by Crippen LogP contribution is 2.31. The number of nitrogens with one attached hydrogen (secondary N) is 1. The van der Waals surface area contributed by atoms with E-state index in [0.29, 0.717) is 5.75 Å². The highest BCUT2D eigenvalue weighted by atomic mass is 32.2. The molecule has 2 fully saturated rings. The number of thioether (sulfide) groups is 1. The Balaban J connectivity index is 1.53. The van der Waals surface area contributed by atoms with E-state index in [1.807, 2.05) is 4.90 Å². The predicted octanol–water partition coefficient (Wildman–Crippen LogP) is 3.06. The molecule has 0 spiro atoms. The minimum absolute atomic E-state index is 0.141. The zero-order chi connectivity index (χ0) is 16.7. The van der Waals surface area contributed by atoms with Crippen molar-refractivity contribution >= 4 is 23.6 Å². The van der Waals surface area contributed by atoms with E-state index in [2.05, 4.69) is 12.2 Å². The number of rotatable bonds is 6. The lowest BCUT2D eigenvalue weighted by Crippen LogP contribution is -2.46. The topological polar surface area (TPSA) is 49.4 Å². The van der Waals surface area contributed by atoms with Crippen LogP contribution in [0.4, 0.5) is 0 Å². The van der Waals surface area contributed by atoms with E-state index in [0.717, 1.165) is 43.5 Å². The number of amides is 2. The highest BCUT2D eigenvalue weighted by molar-refractivity contribution is 7.99. The van der Waals surface area contributed by atoms with Crippen LogP contribution in [0.5, 0.6) is 0 Å². The van der Waals surface area contributed by atoms with Crippen LogP contribution >= 0.6 is 11.8 Å². The van der Waals surface area contributed by atoms with Crippen LogP contribution in [0.15, 0.2) is 0 Å². The van der Waals surface area contributed by atoms with Gasteiger partial charge in [-0.3, -0.25) is 9.59 Å². The van der Waals surface area contributed by atoms with E-state index in [1.54, 1.807) is 18.7 Å². The minimum Gasteiger partial charge on any atom is -0.353 e. The number of hydrogen-bond donors (Lipinski definition) is 1. The molecule has 0 aromatic heterocycles. The van der Waals surface area contributed by atoms with Crippen LogP contribution in [0.25, 0.3) is 0 Å². The fourth-order valence-electron chi connectivity index (χ4n) is 3.84. The first-order valence-electron chi connectivity index (χ1n) is 9.17. The maximum absolute atomic E-state index is 12.0. The molecule has 2 atom stereocenters. The van der Waals surface area contributed by atoms with Gasteiger partial charge in [0.1, 0.15) is 0 Å². The Morgan fingerprint density at radius 1 is 1.17 bits per heavy atom. The van der Waals surface area contributed by atoms with E-state index in [1.165, 1.54) is 32.1 Å². The van der Waals surface area contributed by atoms with Gasteiger partial charge in [-0.1, -0.05) is 26.2 Å². The Hall–Kier alpha value is -0.710. The molecule has 0 unspecified atom stereocenters. The molecule has 1 aliphatic carbocycles. The van der Waals surface area contributed by atoms with Crippen LogP contribution in [0.1, 0.15) is 58.8 Å². The molecule has 4 nitrogen and oxygen atoms in total. The van der Waals surface area contributed by atoms with Gasteiger partial charge in [0.25, 0.3) is 0 Å². The molecule has 132 valence electrons. The molecule has 1 saturated heterocycles. The van der Waals surface area contributed by atoms with Crippen molar-refractivity contribution in [3.63, 3.8) is 0 Å². The van der Waals surface area contributed by atoms with Gasteiger partial charge in [-0.2, -0.15) is 11.8 Å². The maximum Gasteiger partial charge on any atom is 0.230 e. The maximum atomic E-state index is 12.0. The van der Waals surface area contributed by atoms with E-state index < -0.39 is 0 Å². The largest absolute Gasteiger partial charge is 0.353 e. The van der Waals surface area contributed by atoms with Gasteiger partial charge < -0.3 is 10.2 Å². The summed E-state index contributed by atoms with van der Waals surface area (Å²) in [5, 5.41) is 3.13. The fourth-order valence-corrected chi connectivity index (χ4v) is 4.76. The van der Waals surface area contributed by atoms with Crippen LogP contribution in [-0.4, -0.2) is 47.4 Å². The lowest BCUT2D eigenvalue weighted by molar-refractivity contribution is -0.130. The molecule has 0 aromatic carbocycles. The molecule has 0 aromatic rings. The van der Waals surface area contributed by atoms with Crippen molar-refractivity contribution in [2.45, 2.75) is 64.8 Å². The highest BCUT2D eigenvalue weighted by Gasteiger charge is 2.22. The third-order valence-corrected chi connectivity index (χ3v) is 6.24. The van der Waals surface area contributed by atoms with Crippen LogP contribution in [0.3, 0.4) is 0 Å². The molecule has 1 aliphatic heterocycles. The van der Waals surface area contributed by atoms with Crippen molar-refractivity contribution in [1.82, 2.24) is 10.2 Å². The molecule has 2 rings (SSSR count). The fraction of sp³-hybridized carbons (Fsp3) is 0.889. The Bertz CT molecular complexity index is 394. The lowest BCUT2D eigenvalue weighted by atomic mass is 9.81. The second-order valence-corrected chi connectivity index (χ2v) is 8.43. The number of carbonyl (C=O) groups is 2. The van der Waals surface area contributed by atoms with Crippen molar-refractivity contribution < 1.29 is 9.59 Å². The average molecular weight is 341 g/mol. The monoisotopic (exact) mass is 340 g/mol. The molecule has 2 aliphatic rings. The summed E-state index contributed by atoms with van der Waals surface area (Å²) in [4.78, 5) is 25.2. The smallest absolute Gasteiger partial charge is 0.230 e. The molecule has 1 N–H and O–H groups in total. The zero-order valence-electron chi connectivity index (χ0n) is 14.7. The third kappa shape index (κ3) is 6.74. The quantitative estimate of drug-likeness (QED) is 0.756. The van der Waals surface area contributed by atoms with Crippen molar-refractivity contribution in [1.29, 1.82) is 0 Å². The van der Waals surface area contributed by atoms with Crippen LogP contribution in [-0.2, 0) is 9.59 Å². The molecule has 0 bridgehead atoms. The van der Waals surface area contributed by atoms with Crippen LogP contribution < -0.4 is 5.32 Å². The summed E-state index contributed by atoms with van der Waals surface area (Å²) < 4.78 is 0. The third-order valence-electron chi connectivity index (χ3n) is 5.25. The molecular formula is C18H32N2O2S. The summed E-state index contributed by atoms with van der Waals surface area (Å²) in [6.07, 6.45) is 8.57. The van der Waals surface area contributed by atoms with Gasteiger partial charge in [0, 0.05) is 26.1 Å². The first-order chi connectivity index (χ1) is 11.0. The standard InChI is InChI=1S/C18H32N2O2S/c1-14-4-3-5-16(12-14)8-11-23-13-18(22)19-17-6-9-20(10-7-17)15(2)21/h14,16-17H,3-13H2,1-2H3,(H,19,22)/t14-,16+/m1/s1. The number of hydrogen-bond acceptors (Lipinski definition) is 3. The molecular weight excluding hydrogens is 308 g/mol. The normalized spacial score (nSPS) is 26.1. The molecule has 5 heteroatoms. The number of piperidine rings is 1. The second kappa shape index (κ2) is 9.55. The number of carbonyl (C=O) groups excluding carboxylic acids is 2. The van der Waals surface area contributed by atoms with Crippen molar-refractivity contribution in [3.05, 3.63) is 0 Å². The first-order valence-corrected chi connectivity index (χ1v) is 10.3. The van der Waals surface area contributed by atoms with Crippen molar-refractivity contribution in [3.8, 4) is 0 Å². The van der Waals surface area contributed by atoms with Gasteiger partial charge in [-0.15, -0.1) is 0 Å². The molecule has 0 radical (unpaired) electrons. The van der Waals surface area contributed by atoms with Gasteiger partial charge >= 0.3 is 0 Å². The second-order valence-electron chi connectivity index (χ2n) is 7.33. The van der Waals surface area contributed by atoms with E-state index in [9.17, 15) is 9.59 Å². The summed E-state index contributed by atoms with van der Waals surface area (Å²) in [5.41, 5.74) is 0. The Labute approximate surface area is 145 Å². The van der Waals surface area contributed by atoms with E-state index in [-0.39, 0.29) is 17.9 Å². The summed E-state index contributed by atoms with van der Waals surface area (Å²) in [6, 6.07) is 0.248. The van der Waals surface area contributed by atoms with Gasteiger partial charge in [-0.05, 0) is 43.3 Å². The van der Waals surface area contributed by atoms with E-state index in [4.69, 9.17) is 0 Å². The first kappa shape index (κ1) is 18.6. The molecule has 1 saturated carbocycles. The Morgan fingerprint density at radius 2 is 1.91 bits per heavy atom. The van der Waals surface area contributed by atoms with E-state index >= 15 is 0 Å². The van der Waals surface area contributed by atoms with Crippen molar-refractivity contribution in [2.75, 3.05) is 24.6 Å². The van der Waals surface area contributed by atoms with Crippen molar-refractivity contribution in [2.24, 2.45) is 11.8 Å². The summed E-state index contributed by atoms with van der Waals surface area (Å²) in [7, 11) is 0. The average Bonchev–Trinajstić information content (AvgIpc) is 2.52. The zero-order valence-corrected chi connectivity index (χ0v) is 15.5. The van der Waals surface area contributed by atoms with Crippen LogP contribution in [0, 0.1) is 11.8 Å². The minimum atomic E-state index is 0.141. The predicted molar refractivity (Wildman–Crippen MR) is 96.5 cm³/mol. The van der Waals surface area contributed by atoms with Gasteiger partial charge in [0.2, 0.25) is 11.8 Å². The Kier molecular flexibility index (Phi) is 7.74. The van der Waals surface area contributed by atoms with Gasteiger partial charge in [0.15, 0.2) is 0 Å². The summed E-state index contributed by atoms with van der Waals surface area (Å²) >= 11 is 1.77. The SMILES string of the molecule is CC(=O)N1CCC(NC(=O)CSCC[C@@H]2CCC[C@@H](C)C2)CC1.